The van der Waals surface area contributed by atoms with Crippen molar-refractivity contribution in [3.05, 3.63) is 53.6 Å². The monoisotopic (exact) mass is 306 g/mol. The van der Waals surface area contributed by atoms with Crippen molar-refractivity contribution in [2.45, 2.75) is 17.1 Å². The molecule has 0 radical (unpaired) electrons. The zero-order chi connectivity index (χ0) is 14.5. The zero-order valence-electron chi connectivity index (χ0n) is 11.0. The first-order valence-corrected chi connectivity index (χ1v) is 7.39. The standard InChI is InChI=1S/C15H15ClN2OS/c1-10(20-14-7-5-12(17)6-8-14)15(19)18-13-4-2-3-11(16)9-13/h2-10H,17H2,1H3,(H,18,19)/t10-/m0/s1. The highest BCUT2D eigenvalue weighted by molar-refractivity contribution is 8.00. The van der Waals surface area contributed by atoms with E-state index in [0.717, 1.165) is 4.90 Å². The fourth-order valence-electron chi connectivity index (χ4n) is 1.61. The van der Waals surface area contributed by atoms with E-state index in [1.54, 1.807) is 18.2 Å². The van der Waals surface area contributed by atoms with Crippen LogP contribution < -0.4 is 11.1 Å². The van der Waals surface area contributed by atoms with Gasteiger partial charge >= 0.3 is 0 Å². The minimum atomic E-state index is -0.211. The summed E-state index contributed by atoms with van der Waals surface area (Å²) < 4.78 is 0. The minimum Gasteiger partial charge on any atom is -0.399 e. The molecule has 2 rings (SSSR count). The van der Waals surface area contributed by atoms with Gasteiger partial charge < -0.3 is 11.1 Å². The number of halogens is 1. The maximum atomic E-state index is 12.1. The summed E-state index contributed by atoms with van der Waals surface area (Å²) >= 11 is 7.37. The number of thioether (sulfide) groups is 1. The van der Waals surface area contributed by atoms with E-state index < -0.39 is 0 Å². The molecule has 20 heavy (non-hydrogen) atoms. The average Bonchev–Trinajstić information content (AvgIpc) is 2.41. The van der Waals surface area contributed by atoms with Crippen LogP contribution in [0.15, 0.2) is 53.4 Å². The number of nitrogen functional groups attached to an aromatic ring is 1. The van der Waals surface area contributed by atoms with Gasteiger partial charge in [0.05, 0.1) is 5.25 Å². The number of benzene rings is 2. The second-order valence-electron chi connectivity index (χ2n) is 4.33. The topological polar surface area (TPSA) is 55.1 Å². The van der Waals surface area contributed by atoms with Gasteiger partial charge in [-0.3, -0.25) is 4.79 Å². The van der Waals surface area contributed by atoms with E-state index in [-0.39, 0.29) is 11.2 Å². The fraction of sp³-hybridized carbons (Fsp3) is 0.133. The molecule has 2 aromatic carbocycles. The van der Waals surface area contributed by atoms with E-state index in [2.05, 4.69) is 5.32 Å². The minimum absolute atomic E-state index is 0.0610. The van der Waals surface area contributed by atoms with Gasteiger partial charge in [0, 0.05) is 21.3 Å². The Morgan fingerprint density at radius 2 is 1.95 bits per heavy atom. The van der Waals surface area contributed by atoms with Gasteiger partial charge in [-0.2, -0.15) is 0 Å². The first-order chi connectivity index (χ1) is 9.54. The molecule has 3 N–H and O–H groups in total. The Morgan fingerprint density at radius 1 is 1.25 bits per heavy atom. The van der Waals surface area contributed by atoms with E-state index in [1.807, 2.05) is 37.3 Å². The molecule has 0 bridgehead atoms. The molecule has 0 fully saturated rings. The lowest BCUT2D eigenvalue weighted by Crippen LogP contribution is -2.22. The first-order valence-electron chi connectivity index (χ1n) is 6.13. The number of carbonyl (C=O) groups excluding carboxylic acids is 1. The number of carbonyl (C=O) groups is 1. The molecule has 0 heterocycles. The maximum Gasteiger partial charge on any atom is 0.237 e. The molecule has 0 unspecified atom stereocenters. The molecule has 0 aliphatic heterocycles. The van der Waals surface area contributed by atoms with E-state index in [0.29, 0.717) is 16.4 Å². The molecule has 0 aromatic heterocycles. The molecule has 3 nitrogen and oxygen atoms in total. The van der Waals surface area contributed by atoms with Crippen molar-refractivity contribution < 1.29 is 4.79 Å². The van der Waals surface area contributed by atoms with Crippen molar-refractivity contribution in [2.24, 2.45) is 0 Å². The molecule has 5 heteroatoms. The van der Waals surface area contributed by atoms with Crippen molar-refractivity contribution in [2.75, 3.05) is 11.1 Å². The van der Waals surface area contributed by atoms with Crippen LogP contribution in [0.25, 0.3) is 0 Å². The van der Waals surface area contributed by atoms with Gasteiger partial charge in [0.2, 0.25) is 5.91 Å². The molecule has 0 saturated heterocycles. The third kappa shape index (κ3) is 4.18. The van der Waals surface area contributed by atoms with E-state index in [4.69, 9.17) is 17.3 Å². The van der Waals surface area contributed by atoms with Crippen LogP contribution in [-0.2, 0) is 4.79 Å². The molecule has 0 spiro atoms. The highest BCUT2D eigenvalue weighted by Crippen LogP contribution is 2.25. The number of nitrogens with two attached hydrogens (primary N) is 1. The Hall–Kier alpha value is -1.65. The summed E-state index contributed by atoms with van der Waals surface area (Å²) in [4.78, 5) is 13.1. The Balaban J connectivity index is 1.96. The fourth-order valence-corrected chi connectivity index (χ4v) is 2.67. The Morgan fingerprint density at radius 3 is 2.60 bits per heavy atom. The molecular weight excluding hydrogens is 292 g/mol. The average molecular weight is 307 g/mol. The Kier molecular flexibility index (Phi) is 4.93. The molecule has 0 aliphatic rings. The van der Waals surface area contributed by atoms with Crippen LogP contribution >= 0.6 is 23.4 Å². The second kappa shape index (κ2) is 6.68. The lowest BCUT2D eigenvalue weighted by molar-refractivity contribution is -0.115. The zero-order valence-corrected chi connectivity index (χ0v) is 12.5. The summed E-state index contributed by atoms with van der Waals surface area (Å²) in [6.07, 6.45) is 0. The summed E-state index contributed by atoms with van der Waals surface area (Å²) in [7, 11) is 0. The van der Waals surface area contributed by atoms with E-state index in [9.17, 15) is 4.79 Å². The van der Waals surface area contributed by atoms with Gasteiger partial charge in [-0.25, -0.2) is 0 Å². The number of amides is 1. The van der Waals surface area contributed by atoms with Gasteiger partial charge in [0.1, 0.15) is 0 Å². The van der Waals surface area contributed by atoms with Crippen molar-refractivity contribution >= 4 is 40.6 Å². The third-order valence-corrected chi connectivity index (χ3v) is 4.00. The van der Waals surface area contributed by atoms with Gasteiger partial charge in [-0.15, -0.1) is 11.8 Å². The van der Waals surface area contributed by atoms with E-state index >= 15 is 0 Å². The lowest BCUT2D eigenvalue weighted by Gasteiger charge is -2.12. The molecule has 1 amide bonds. The summed E-state index contributed by atoms with van der Waals surface area (Å²) in [6, 6.07) is 14.6. The molecular formula is C15H15ClN2OS. The van der Waals surface area contributed by atoms with Crippen LogP contribution in [0.5, 0.6) is 0 Å². The highest BCUT2D eigenvalue weighted by atomic mass is 35.5. The highest BCUT2D eigenvalue weighted by Gasteiger charge is 2.14. The molecule has 0 saturated carbocycles. The van der Waals surface area contributed by atoms with Gasteiger partial charge in [0.25, 0.3) is 0 Å². The number of anilines is 2. The predicted octanol–water partition coefficient (Wildman–Crippen LogP) is 4.04. The number of nitrogens with one attached hydrogen (secondary N) is 1. The summed E-state index contributed by atoms with van der Waals surface area (Å²) in [5.74, 6) is -0.0610. The van der Waals surface area contributed by atoms with Crippen molar-refractivity contribution in [3.8, 4) is 0 Å². The van der Waals surface area contributed by atoms with Gasteiger partial charge in [-0.1, -0.05) is 17.7 Å². The van der Waals surface area contributed by atoms with Crippen LogP contribution in [0.3, 0.4) is 0 Å². The van der Waals surface area contributed by atoms with Crippen LogP contribution in [0.2, 0.25) is 5.02 Å². The number of rotatable bonds is 4. The van der Waals surface area contributed by atoms with Gasteiger partial charge in [0.15, 0.2) is 0 Å². The summed E-state index contributed by atoms with van der Waals surface area (Å²) in [5, 5.41) is 3.23. The molecule has 0 aliphatic carbocycles. The molecule has 2 aromatic rings. The molecule has 1 atom stereocenters. The van der Waals surface area contributed by atoms with Crippen LogP contribution in [0.4, 0.5) is 11.4 Å². The second-order valence-corrected chi connectivity index (χ2v) is 6.18. The van der Waals surface area contributed by atoms with Crippen molar-refractivity contribution in [1.82, 2.24) is 0 Å². The Bertz CT molecular complexity index is 601. The first kappa shape index (κ1) is 14.8. The largest absolute Gasteiger partial charge is 0.399 e. The maximum absolute atomic E-state index is 12.1. The Labute approximate surface area is 127 Å². The number of hydrogen-bond donors (Lipinski definition) is 2. The van der Waals surface area contributed by atoms with Crippen LogP contribution in [0, 0.1) is 0 Å². The van der Waals surface area contributed by atoms with Crippen molar-refractivity contribution in [3.63, 3.8) is 0 Å². The summed E-state index contributed by atoms with van der Waals surface area (Å²) in [6.45, 7) is 1.86. The molecule has 104 valence electrons. The third-order valence-electron chi connectivity index (χ3n) is 2.65. The SMILES string of the molecule is C[C@H](Sc1ccc(N)cc1)C(=O)Nc1cccc(Cl)c1. The number of hydrogen-bond acceptors (Lipinski definition) is 3. The normalized spacial score (nSPS) is 11.9. The van der Waals surface area contributed by atoms with Crippen LogP contribution in [-0.4, -0.2) is 11.2 Å². The quantitative estimate of drug-likeness (QED) is 0.662. The van der Waals surface area contributed by atoms with E-state index in [1.165, 1.54) is 11.8 Å². The summed E-state index contributed by atoms with van der Waals surface area (Å²) in [5.41, 5.74) is 7.05. The predicted molar refractivity (Wildman–Crippen MR) is 86.3 cm³/mol. The van der Waals surface area contributed by atoms with Crippen LogP contribution in [0.1, 0.15) is 6.92 Å². The van der Waals surface area contributed by atoms with Crippen molar-refractivity contribution in [1.29, 1.82) is 0 Å². The van der Waals surface area contributed by atoms with Gasteiger partial charge in [-0.05, 0) is 49.4 Å². The lowest BCUT2D eigenvalue weighted by atomic mass is 10.3. The smallest absolute Gasteiger partial charge is 0.237 e.